The molecule has 0 spiro atoms. The summed E-state index contributed by atoms with van der Waals surface area (Å²) in [6.07, 6.45) is 3.02. The summed E-state index contributed by atoms with van der Waals surface area (Å²) in [4.78, 5) is 3.89. The molecule has 0 bridgehead atoms. The van der Waals surface area contributed by atoms with Crippen LogP contribution < -0.4 is 5.73 Å². The molecule has 5 nitrogen and oxygen atoms in total. The van der Waals surface area contributed by atoms with Gasteiger partial charge in [-0.25, -0.2) is 13.4 Å². The average molecular weight is 257 g/mol. The van der Waals surface area contributed by atoms with E-state index in [0.717, 1.165) is 12.8 Å². The van der Waals surface area contributed by atoms with Crippen LogP contribution in [-0.2, 0) is 10.0 Å². The van der Waals surface area contributed by atoms with E-state index in [1.807, 2.05) is 13.8 Å². The van der Waals surface area contributed by atoms with Gasteiger partial charge in [0.1, 0.15) is 10.7 Å². The molecule has 6 heteroatoms. The Hall–Kier alpha value is -1.14. The lowest BCUT2D eigenvalue weighted by Gasteiger charge is -2.25. The molecule has 1 aromatic heterocycles. The van der Waals surface area contributed by atoms with E-state index in [1.165, 1.54) is 16.6 Å². The van der Waals surface area contributed by atoms with Crippen LogP contribution in [0.1, 0.15) is 26.7 Å². The Morgan fingerprint density at radius 1 is 1.41 bits per heavy atom. The van der Waals surface area contributed by atoms with E-state index in [9.17, 15) is 8.42 Å². The van der Waals surface area contributed by atoms with Crippen molar-refractivity contribution in [3.8, 4) is 0 Å². The van der Waals surface area contributed by atoms with Crippen molar-refractivity contribution in [3.63, 3.8) is 0 Å². The van der Waals surface area contributed by atoms with Crippen LogP contribution in [0.2, 0.25) is 0 Å². The predicted octanol–water partition coefficient (Wildman–Crippen LogP) is 1.47. The van der Waals surface area contributed by atoms with Crippen molar-refractivity contribution < 1.29 is 8.42 Å². The van der Waals surface area contributed by atoms with Gasteiger partial charge in [-0.05, 0) is 25.0 Å². The Kier molecular flexibility index (Phi) is 4.47. The molecular weight excluding hydrogens is 238 g/mol. The van der Waals surface area contributed by atoms with Crippen LogP contribution in [-0.4, -0.2) is 30.8 Å². The number of hydrogen-bond acceptors (Lipinski definition) is 4. The second-order valence-electron chi connectivity index (χ2n) is 3.88. The summed E-state index contributed by atoms with van der Waals surface area (Å²) in [5.74, 6) is 0.0466. The summed E-state index contributed by atoms with van der Waals surface area (Å²) >= 11 is 0. The Morgan fingerprint density at radius 2 is 2.00 bits per heavy atom. The highest BCUT2D eigenvalue weighted by Crippen LogP contribution is 2.22. The van der Waals surface area contributed by atoms with Crippen molar-refractivity contribution in [2.45, 2.75) is 37.6 Å². The monoisotopic (exact) mass is 257 g/mol. The Labute approximate surface area is 103 Å². The normalized spacial score (nSPS) is 12.3. The van der Waals surface area contributed by atoms with Gasteiger partial charge in [0, 0.05) is 19.3 Å². The molecule has 0 aliphatic heterocycles. The number of pyridine rings is 1. The van der Waals surface area contributed by atoms with Crippen LogP contribution in [0.3, 0.4) is 0 Å². The molecule has 1 aromatic rings. The Balaban J connectivity index is 3.16. The average Bonchev–Trinajstić information content (AvgIpc) is 2.30. The number of anilines is 1. The molecule has 2 N–H and O–H groups in total. The summed E-state index contributed by atoms with van der Waals surface area (Å²) in [6.45, 7) is 3.93. The third-order valence-electron chi connectivity index (χ3n) is 2.91. The largest absolute Gasteiger partial charge is 0.383 e. The number of hydrogen-bond donors (Lipinski definition) is 1. The standard InChI is InChI=1S/C11H19N3O2S/c1-4-9(5-2)14(3)17(15,16)10-7-6-8-13-11(10)12/h6-9H,4-5H2,1-3H3,(H2,12,13). The fourth-order valence-corrected chi connectivity index (χ4v) is 3.34. The lowest BCUT2D eigenvalue weighted by atomic mass is 10.2. The van der Waals surface area contributed by atoms with Crippen LogP contribution in [0.5, 0.6) is 0 Å². The topological polar surface area (TPSA) is 76.3 Å². The van der Waals surface area contributed by atoms with Crippen LogP contribution in [0.25, 0.3) is 0 Å². The number of aromatic nitrogens is 1. The first-order valence-electron chi connectivity index (χ1n) is 5.63. The van der Waals surface area contributed by atoms with Crippen molar-refractivity contribution in [3.05, 3.63) is 18.3 Å². The molecule has 1 heterocycles. The van der Waals surface area contributed by atoms with E-state index in [4.69, 9.17) is 5.73 Å². The van der Waals surface area contributed by atoms with Gasteiger partial charge < -0.3 is 5.73 Å². The van der Waals surface area contributed by atoms with Gasteiger partial charge >= 0.3 is 0 Å². The molecule has 0 fully saturated rings. The highest BCUT2D eigenvalue weighted by molar-refractivity contribution is 7.89. The second-order valence-corrected chi connectivity index (χ2v) is 5.84. The molecule has 0 atom stereocenters. The molecule has 0 radical (unpaired) electrons. The van der Waals surface area contributed by atoms with Crippen molar-refractivity contribution in [1.29, 1.82) is 0 Å². The van der Waals surface area contributed by atoms with Crippen molar-refractivity contribution in [2.75, 3.05) is 12.8 Å². The molecule has 0 saturated carbocycles. The summed E-state index contributed by atoms with van der Waals surface area (Å²) in [5.41, 5.74) is 5.61. The molecule has 0 aromatic carbocycles. The molecular formula is C11H19N3O2S. The maximum absolute atomic E-state index is 12.3. The summed E-state index contributed by atoms with van der Waals surface area (Å²) in [6, 6.07) is 3.04. The molecule has 0 aliphatic rings. The van der Waals surface area contributed by atoms with E-state index in [0.29, 0.717) is 0 Å². The lowest BCUT2D eigenvalue weighted by molar-refractivity contribution is 0.350. The number of sulfonamides is 1. The van der Waals surface area contributed by atoms with Crippen LogP contribution >= 0.6 is 0 Å². The Bertz CT molecular complexity index is 469. The lowest BCUT2D eigenvalue weighted by Crippen LogP contribution is -2.36. The van der Waals surface area contributed by atoms with Gasteiger partial charge in [-0.1, -0.05) is 13.8 Å². The number of rotatable bonds is 5. The maximum atomic E-state index is 12.3. The van der Waals surface area contributed by atoms with Gasteiger partial charge in [0.2, 0.25) is 10.0 Å². The first-order chi connectivity index (χ1) is 7.95. The minimum absolute atomic E-state index is 0.0143. The third-order valence-corrected chi connectivity index (χ3v) is 4.87. The molecule has 17 heavy (non-hydrogen) atoms. The van der Waals surface area contributed by atoms with E-state index < -0.39 is 10.0 Å². The summed E-state index contributed by atoms with van der Waals surface area (Å²) in [7, 11) is -1.96. The smallest absolute Gasteiger partial charge is 0.246 e. The number of nitrogens with zero attached hydrogens (tertiary/aromatic N) is 2. The number of nitrogen functional groups attached to an aromatic ring is 1. The minimum Gasteiger partial charge on any atom is -0.383 e. The third kappa shape index (κ3) is 2.76. The Morgan fingerprint density at radius 3 is 2.47 bits per heavy atom. The van der Waals surface area contributed by atoms with Crippen molar-refractivity contribution >= 4 is 15.8 Å². The highest BCUT2D eigenvalue weighted by atomic mass is 32.2. The van der Waals surface area contributed by atoms with Gasteiger partial charge in [-0.15, -0.1) is 0 Å². The van der Waals surface area contributed by atoms with E-state index in [2.05, 4.69) is 4.98 Å². The van der Waals surface area contributed by atoms with Gasteiger partial charge in [-0.2, -0.15) is 4.31 Å². The molecule has 1 rings (SSSR count). The van der Waals surface area contributed by atoms with Gasteiger partial charge in [0.15, 0.2) is 0 Å². The van der Waals surface area contributed by atoms with Crippen LogP contribution in [0.15, 0.2) is 23.2 Å². The summed E-state index contributed by atoms with van der Waals surface area (Å²) in [5, 5.41) is 0. The second kappa shape index (κ2) is 5.46. The van der Waals surface area contributed by atoms with E-state index >= 15 is 0 Å². The zero-order chi connectivity index (χ0) is 13.1. The predicted molar refractivity (Wildman–Crippen MR) is 68.0 cm³/mol. The molecule has 0 amide bonds. The quantitative estimate of drug-likeness (QED) is 0.866. The molecule has 0 unspecified atom stereocenters. The van der Waals surface area contributed by atoms with Crippen molar-refractivity contribution in [2.24, 2.45) is 0 Å². The zero-order valence-electron chi connectivity index (χ0n) is 10.4. The fraction of sp³-hybridized carbons (Fsp3) is 0.545. The van der Waals surface area contributed by atoms with Crippen LogP contribution in [0, 0.1) is 0 Å². The van der Waals surface area contributed by atoms with Gasteiger partial charge in [0.05, 0.1) is 0 Å². The molecule has 96 valence electrons. The molecule has 0 saturated heterocycles. The van der Waals surface area contributed by atoms with Gasteiger partial charge in [0.25, 0.3) is 0 Å². The summed E-state index contributed by atoms with van der Waals surface area (Å²) < 4.78 is 26.0. The zero-order valence-corrected chi connectivity index (χ0v) is 11.2. The first-order valence-corrected chi connectivity index (χ1v) is 7.07. The van der Waals surface area contributed by atoms with Crippen LogP contribution in [0.4, 0.5) is 5.82 Å². The number of nitrogens with two attached hydrogens (primary N) is 1. The minimum atomic E-state index is -3.55. The first kappa shape index (κ1) is 13.9. The van der Waals surface area contributed by atoms with E-state index in [-0.39, 0.29) is 16.8 Å². The van der Waals surface area contributed by atoms with E-state index in [1.54, 1.807) is 13.1 Å². The SMILES string of the molecule is CCC(CC)N(C)S(=O)(=O)c1cccnc1N. The van der Waals surface area contributed by atoms with Crippen molar-refractivity contribution in [1.82, 2.24) is 9.29 Å². The molecule has 0 aliphatic carbocycles. The highest BCUT2D eigenvalue weighted by Gasteiger charge is 2.27. The van der Waals surface area contributed by atoms with Gasteiger partial charge in [-0.3, -0.25) is 0 Å². The maximum Gasteiger partial charge on any atom is 0.246 e. The fourth-order valence-electron chi connectivity index (χ4n) is 1.78.